The van der Waals surface area contributed by atoms with Crippen LogP contribution >= 0.6 is 0 Å². The number of hydrogen-bond acceptors (Lipinski definition) is 1. The number of furan rings is 1. The van der Waals surface area contributed by atoms with E-state index >= 15 is 0 Å². The molecule has 1 nitrogen and oxygen atoms in total. The summed E-state index contributed by atoms with van der Waals surface area (Å²) in [5, 5.41) is 2.40. The molecule has 0 fully saturated rings. The standard InChI is InChI=1S/C18H14O/c1-11-7-12(2)15-10-16-14-5-3-4-6-17(14)19-18(16)9-13(15)8-11/h3-7,9-10H,1,8H2,2H3. The van der Waals surface area contributed by atoms with E-state index < -0.39 is 0 Å². The smallest absolute Gasteiger partial charge is 0.135 e. The molecule has 0 atom stereocenters. The minimum absolute atomic E-state index is 0.916. The Morgan fingerprint density at radius 3 is 2.79 bits per heavy atom. The van der Waals surface area contributed by atoms with Crippen LogP contribution in [0.3, 0.4) is 0 Å². The molecular weight excluding hydrogens is 232 g/mol. The van der Waals surface area contributed by atoms with Gasteiger partial charge in [-0.25, -0.2) is 0 Å². The summed E-state index contributed by atoms with van der Waals surface area (Å²) in [4.78, 5) is 0. The van der Waals surface area contributed by atoms with Crippen molar-refractivity contribution in [3.8, 4) is 0 Å². The van der Waals surface area contributed by atoms with Crippen molar-refractivity contribution in [3.05, 3.63) is 65.8 Å². The molecule has 1 aromatic heterocycles. The normalized spacial score (nSPS) is 14.8. The van der Waals surface area contributed by atoms with Crippen molar-refractivity contribution in [1.82, 2.24) is 0 Å². The first kappa shape index (κ1) is 10.6. The number of benzene rings is 2. The van der Waals surface area contributed by atoms with E-state index in [1.807, 2.05) is 12.1 Å². The maximum atomic E-state index is 5.94. The molecular formula is C18H14O. The molecule has 0 unspecified atom stereocenters. The number of rotatable bonds is 0. The second-order valence-electron chi connectivity index (χ2n) is 5.27. The molecule has 0 bridgehead atoms. The molecule has 1 heterocycles. The van der Waals surface area contributed by atoms with Gasteiger partial charge in [0.15, 0.2) is 0 Å². The van der Waals surface area contributed by atoms with Crippen LogP contribution in [0.25, 0.3) is 27.5 Å². The van der Waals surface area contributed by atoms with Gasteiger partial charge in [0.2, 0.25) is 0 Å². The molecule has 0 amide bonds. The Kier molecular flexibility index (Phi) is 2.02. The molecule has 19 heavy (non-hydrogen) atoms. The van der Waals surface area contributed by atoms with Gasteiger partial charge in [0.25, 0.3) is 0 Å². The third-order valence-electron chi connectivity index (χ3n) is 3.87. The second-order valence-corrected chi connectivity index (χ2v) is 5.27. The summed E-state index contributed by atoms with van der Waals surface area (Å²) in [5.74, 6) is 0. The van der Waals surface area contributed by atoms with E-state index in [1.165, 1.54) is 33.0 Å². The van der Waals surface area contributed by atoms with E-state index in [0.29, 0.717) is 0 Å². The fourth-order valence-electron chi connectivity index (χ4n) is 3.01. The number of hydrogen-bond donors (Lipinski definition) is 0. The highest BCUT2D eigenvalue weighted by Crippen LogP contribution is 2.36. The molecule has 0 spiro atoms. The highest BCUT2D eigenvalue weighted by Gasteiger charge is 2.15. The van der Waals surface area contributed by atoms with Crippen LogP contribution in [0.1, 0.15) is 18.1 Å². The average molecular weight is 246 g/mol. The third kappa shape index (κ3) is 1.48. The summed E-state index contributed by atoms with van der Waals surface area (Å²) in [5.41, 5.74) is 7.03. The van der Waals surface area contributed by atoms with E-state index in [0.717, 1.165) is 17.6 Å². The molecule has 1 aliphatic carbocycles. The Bertz CT molecular complexity index is 862. The van der Waals surface area contributed by atoms with Crippen LogP contribution in [0.2, 0.25) is 0 Å². The lowest BCUT2D eigenvalue weighted by molar-refractivity contribution is 0.668. The van der Waals surface area contributed by atoms with Gasteiger partial charge in [-0.2, -0.15) is 0 Å². The Labute approximate surface area is 111 Å². The van der Waals surface area contributed by atoms with Crippen molar-refractivity contribution in [2.75, 3.05) is 0 Å². The molecule has 0 saturated carbocycles. The lowest BCUT2D eigenvalue weighted by Crippen LogP contribution is -1.99. The maximum Gasteiger partial charge on any atom is 0.135 e. The average Bonchev–Trinajstić information content (AvgIpc) is 2.74. The summed E-state index contributed by atoms with van der Waals surface area (Å²) < 4.78 is 5.94. The molecule has 2 aromatic carbocycles. The van der Waals surface area contributed by atoms with Crippen LogP contribution in [0.5, 0.6) is 0 Å². The summed E-state index contributed by atoms with van der Waals surface area (Å²) in [6.45, 7) is 6.23. The van der Waals surface area contributed by atoms with Crippen molar-refractivity contribution in [1.29, 1.82) is 0 Å². The number of para-hydroxylation sites is 1. The zero-order valence-electron chi connectivity index (χ0n) is 10.9. The summed E-state index contributed by atoms with van der Waals surface area (Å²) in [6.07, 6.45) is 3.09. The van der Waals surface area contributed by atoms with Crippen LogP contribution in [0.15, 0.2) is 59.0 Å². The molecule has 1 aliphatic rings. The number of allylic oxidation sites excluding steroid dienone is 3. The van der Waals surface area contributed by atoms with Crippen LogP contribution in [-0.4, -0.2) is 0 Å². The Hall–Kier alpha value is -2.28. The zero-order chi connectivity index (χ0) is 13.0. The van der Waals surface area contributed by atoms with Gasteiger partial charge in [-0.15, -0.1) is 0 Å². The summed E-state index contributed by atoms with van der Waals surface area (Å²) in [7, 11) is 0. The molecule has 92 valence electrons. The topological polar surface area (TPSA) is 13.1 Å². The third-order valence-corrected chi connectivity index (χ3v) is 3.87. The summed E-state index contributed by atoms with van der Waals surface area (Å²) in [6, 6.07) is 12.6. The van der Waals surface area contributed by atoms with E-state index in [2.05, 4.69) is 43.8 Å². The van der Waals surface area contributed by atoms with Crippen molar-refractivity contribution >= 4 is 27.5 Å². The van der Waals surface area contributed by atoms with Crippen molar-refractivity contribution in [2.24, 2.45) is 0 Å². The molecule has 0 N–H and O–H groups in total. The first-order valence-corrected chi connectivity index (χ1v) is 6.53. The van der Waals surface area contributed by atoms with E-state index in [4.69, 9.17) is 4.42 Å². The first-order chi connectivity index (χ1) is 9.22. The molecule has 3 aromatic rings. The van der Waals surface area contributed by atoms with Gasteiger partial charge < -0.3 is 4.42 Å². The fraction of sp³-hybridized carbons (Fsp3) is 0.111. The van der Waals surface area contributed by atoms with Crippen molar-refractivity contribution in [3.63, 3.8) is 0 Å². The van der Waals surface area contributed by atoms with E-state index in [1.54, 1.807) is 0 Å². The quantitative estimate of drug-likeness (QED) is 0.537. The second kappa shape index (κ2) is 3.61. The molecule has 1 heteroatoms. The highest BCUT2D eigenvalue weighted by molar-refractivity contribution is 6.06. The monoisotopic (exact) mass is 246 g/mol. The number of fused-ring (bicyclic) bond motifs is 4. The van der Waals surface area contributed by atoms with Gasteiger partial charge in [-0.1, -0.05) is 36.4 Å². The molecule has 4 rings (SSSR count). The van der Waals surface area contributed by atoms with Crippen LogP contribution in [0, 0.1) is 0 Å². The lowest BCUT2D eigenvalue weighted by Gasteiger charge is -2.16. The van der Waals surface area contributed by atoms with Gasteiger partial charge in [0.1, 0.15) is 11.2 Å². The van der Waals surface area contributed by atoms with E-state index in [-0.39, 0.29) is 0 Å². The Morgan fingerprint density at radius 1 is 1.05 bits per heavy atom. The molecule has 0 aliphatic heterocycles. The lowest BCUT2D eigenvalue weighted by atomic mass is 9.88. The minimum atomic E-state index is 0.916. The van der Waals surface area contributed by atoms with Gasteiger partial charge >= 0.3 is 0 Å². The van der Waals surface area contributed by atoms with E-state index in [9.17, 15) is 0 Å². The van der Waals surface area contributed by atoms with Crippen molar-refractivity contribution in [2.45, 2.75) is 13.3 Å². The first-order valence-electron chi connectivity index (χ1n) is 6.53. The van der Waals surface area contributed by atoms with Crippen molar-refractivity contribution < 1.29 is 4.42 Å². The Balaban J connectivity index is 2.12. The largest absolute Gasteiger partial charge is 0.456 e. The molecule has 0 saturated heterocycles. The fourth-order valence-corrected chi connectivity index (χ4v) is 3.01. The van der Waals surface area contributed by atoms with Gasteiger partial charge in [0.05, 0.1) is 0 Å². The Morgan fingerprint density at radius 2 is 1.89 bits per heavy atom. The zero-order valence-corrected chi connectivity index (χ0v) is 10.9. The molecule has 0 radical (unpaired) electrons. The van der Waals surface area contributed by atoms with Crippen LogP contribution < -0.4 is 0 Å². The van der Waals surface area contributed by atoms with Gasteiger partial charge in [-0.3, -0.25) is 0 Å². The van der Waals surface area contributed by atoms with Gasteiger partial charge in [0, 0.05) is 10.8 Å². The maximum absolute atomic E-state index is 5.94. The predicted molar refractivity (Wildman–Crippen MR) is 80.2 cm³/mol. The van der Waals surface area contributed by atoms with Crippen LogP contribution in [-0.2, 0) is 6.42 Å². The SMILES string of the molecule is C=C1C=C(C)c2cc3c(cc2C1)oc1ccccc13. The summed E-state index contributed by atoms with van der Waals surface area (Å²) >= 11 is 0. The van der Waals surface area contributed by atoms with Gasteiger partial charge in [-0.05, 0) is 48.2 Å². The highest BCUT2D eigenvalue weighted by atomic mass is 16.3. The predicted octanol–water partition coefficient (Wildman–Crippen LogP) is 5.10. The minimum Gasteiger partial charge on any atom is -0.456 e. The van der Waals surface area contributed by atoms with Crippen LogP contribution in [0.4, 0.5) is 0 Å².